The van der Waals surface area contributed by atoms with Crippen LogP contribution in [0.25, 0.3) is 0 Å². The van der Waals surface area contributed by atoms with Crippen LogP contribution < -0.4 is 0 Å². The molecule has 0 fully saturated rings. The first-order valence-electron chi connectivity index (χ1n) is 11.3. The molecule has 2 heteroatoms. The van der Waals surface area contributed by atoms with Gasteiger partial charge in [-0.25, -0.2) is 0 Å². The van der Waals surface area contributed by atoms with Crippen LogP contribution in [0.1, 0.15) is 115 Å². The molecule has 1 aromatic rings. The lowest BCUT2D eigenvalue weighted by atomic mass is 10.0. The van der Waals surface area contributed by atoms with Crippen molar-refractivity contribution in [2.75, 3.05) is 6.54 Å². The molecule has 0 saturated carbocycles. The molecular weight excluding hydrogens is 316 g/mol. The Balaban J connectivity index is 1.73. The molecule has 148 valence electrons. The highest BCUT2D eigenvalue weighted by Crippen LogP contribution is 2.13. The number of hydrogen-bond donors (Lipinski definition) is 0. The van der Waals surface area contributed by atoms with Crippen molar-refractivity contribution in [1.29, 1.82) is 0 Å². The minimum absolute atomic E-state index is 0.940. The summed E-state index contributed by atoms with van der Waals surface area (Å²) in [5, 5.41) is 0. The van der Waals surface area contributed by atoms with E-state index in [1.165, 1.54) is 103 Å². The van der Waals surface area contributed by atoms with Gasteiger partial charge in [-0.15, -0.1) is 0 Å². The molecule has 0 aliphatic rings. The van der Waals surface area contributed by atoms with E-state index in [9.17, 15) is 0 Å². The van der Waals surface area contributed by atoms with Gasteiger partial charge in [0, 0.05) is 19.0 Å². The molecule has 0 saturated heterocycles. The highest BCUT2D eigenvalue weighted by atomic mass is 14.7. The summed E-state index contributed by atoms with van der Waals surface area (Å²) in [5.41, 5.74) is 0.962. The molecule has 26 heavy (non-hydrogen) atoms. The maximum absolute atomic E-state index is 4.46. The van der Waals surface area contributed by atoms with Crippen molar-refractivity contribution in [3.63, 3.8) is 0 Å². The number of nitrogens with zero attached hydrogens (tertiary/aromatic N) is 2. The highest BCUT2D eigenvalue weighted by molar-refractivity contribution is 5.76. The molecular formula is C24H42N2. The first kappa shape index (κ1) is 22.9. The van der Waals surface area contributed by atoms with Crippen molar-refractivity contribution in [1.82, 2.24) is 4.98 Å². The van der Waals surface area contributed by atoms with Crippen LogP contribution in [-0.2, 0) is 0 Å². The number of pyridine rings is 1. The fourth-order valence-corrected chi connectivity index (χ4v) is 3.36. The van der Waals surface area contributed by atoms with E-state index >= 15 is 0 Å². The molecule has 2 nitrogen and oxygen atoms in total. The van der Waals surface area contributed by atoms with Crippen LogP contribution in [0.5, 0.6) is 0 Å². The van der Waals surface area contributed by atoms with Gasteiger partial charge in [-0.2, -0.15) is 0 Å². The molecule has 0 aliphatic heterocycles. The summed E-state index contributed by atoms with van der Waals surface area (Å²) in [7, 11) is 0. The van der Waals surface area contributed by atoms with Crippen molar-refractivity contribution in [3.05, 3.63) is 30.1 Å². The normalized spacial score (nSPS) is 11.4. The maximum atomic E-state index is 4.46. The van der Waals surface area contributed by atoms with Crippen LogP contribution in [0.3, 0.4) is 0 Å². The largest absolute Gasteiger partial charge is 0.291 e. The van der Waals surface area contributed by atoms with Crippen molar-refractivity contribution in [2.45, 2.75) is 110 Å². The molecule has 0 bridgehead atoms. The molecule has 0 radical (unpaired) electrons. The summed E-state index contributed by atoms with van der Waals surface area (Å²) in [4.78, 5) is 8.70. The Morgan fingerprint density at radius 2 is 1.19 bits per heavy atom. The van der Waals surface area contributed by atoms with Gasteiger partial charge in [-0.1, -0.05) is 109 Å². The number of unbranched alkanes of at least 4 members (excludes halogenated alkanes) is 15. The Morgan fingerprint density at radius 1 is 0.692 bits per heavy atom. The van der Waals surface area contributed by atoms with E-state index in [-0.39, 0.29) is 0 Å². The lowest BCUT2D eigenvalue weighted by Crippen LogP contribution is -1.88. The number of rotatable bonds is 18. The minimum Gasteiger partial charge on any atom is -0.291 e. The zero-order chi connectivity index (χ0) is 18.5. The Morgan fingerprint density at radius 3 is 1.65 bits per heavy atom. The Labute approximate surface area is 162 Å². The van der Waals surface area contributed by atoms with Crippen LogP contribution in [0.2, 0.25) is 0 Å². The van der Waals surface area contributed by atoms with Gasteiger partial charge >= 0.3 is 0 Å². The van der Waals surface area contributed by atoms with E-state index in [0.717, 1.165) is 12.2 Å². The second kappa shape index (κ2) is 18.6. The molecule has 0 spiro atoms. The average molecular weight is 359 g/mol. The van der Waals surface area contributed by atoms with E-state index in [1.54, 1.807) is 0 Å². The van der Waals surface area contributed by atoms with Crippen LogP contribution in [0.15, 0.2) is 29.4 Å². The topological polar surface area (TPSA) is 25.2 Å². The summed E-state index contributed by atoms with van der Waals surface area (Å²) in [5.74, 6) is 0. The van der Waals surface area contributed by atoms with Crippen molar-refractivity contribution >= 4 is 6.21 Å². The molecule has 0 aliphatic carbocycles. The predicted octanol–water partition coefficient (Wildman–Crippen LogP) is 7.76. The summed E-state index contributed by atoms with van der Waals surface area (Å²) in [6, 6.07) is 5.94. The summed E-state index contributed by atoms with van der Waals surface area (Å²) < 4.78 is 0. The second-order valence-corrected chi connectivity index (χ2v) is 7.59. The second-order valence-electron chi connectivity index (χ2n) is 7.59. The zero-order valence-electron chi connectivity index (χ0n) is 17.3. The van der Waals surface area contributed by atoms with Gasteiger partial charge in [0.15, 0.2) is 0 Å². The van der Waals surface area contributed by atoms with E-state index in [4.69, 9.17) is 0 Å². The summed E-state index contributed by atoms with van der Waals surface area (Å²) in [6.45, 7) is 3.23. The van der Waals surface area contributed by atoms with Crippen molar-refractivity contribution < 1.29 is 0 Å². The van der Waals surface area contributed by atoms with Gasteiger partial charge in [0.05, 0.1) is 5.69 Å². The molecule has 0 atom stereocenters. The minimum atomic E-state index is 0.940. The first-order valence-corrected chi connectivity index (χ1v) is 11.3. The van der Waals surface area contributed by atoms with Gasteiger partial charge in [0.25, 0.3) is 0 Å². The van der Waals surface area contributed by atoms with E-state index in [0.29, 0.717) is 0 Å². The van der Waals surface area contributed by atoms with Crippen LogP contribution in [0.4, 0.5) is 0 Å². The SMILES string of the molecule is CCCCCCCCCCCCCCCCCCN=Cc1ccccn1. The molecule has 1 rings (SSSR count). The number of aliphatic imine (C=N–C) groups is 1. The quantitative estimate of drug-likeness (QED) is 0.194. The fraction of sp³-hybridized carbons (Fsp3) is 0.750. The van der Waals surface area contributed by atoms with E-state index in [2.05, 4.69) is 16.9 Å². The van der Waals surface area contributed by atoms with Gasteiger partial charge in [0.2, 0.25) is 0 Å². The third-order valence-corrected chi connectivity index (χ3v) is 5.05. The molecule has 1 aromatic heterocycles. The van der Waals surface area contributed by atoms with E-state index < -0.39 is 0 Å². The summed E-state index contributed by atoms with van der Waals surface area (Å²) >= 11 is 0. The van der Waals surface area contributed by atoms with Gasteiger partial charge < -0.3 is 0 Å². The predicted molar refractivity (Wildman–Crippen MR) is 116 cm³/mol. The van der Waals surface area contributed by atoms with Crippen LogP contribution >= 0.6 is 0 Å². The lowest BCUT2D eigenvalue weighted by molar-refractivity contribution is 0.530. The average Bonchev–Trinajstić information content (AvgIpc) is 2.68. The molecule has 0 N–H and O–H groups in total. The standard InChI is InChI=1S/C24H42N2/c1-2-3-4-5-6-7-8-9-10-11-12-13-14-15-16-18-21-25-23-24-20-17-19-22-26-24/h17,19-20,22-23H,2-16,18,21H2,1H3. The van der Waals surface area contributed by atoms with E-state index in [1.807, 2.05) is 30.6 Å². The molecule has 1 heterocycles. The molecule has 0 amide bonds. The zero-order valence-corrected chi connectivity index (χ0v) is 17.3. The van der Waals surface area contributed by atoms with Gasteiger partial charge in [-0.05, 0) is 18.6 Å². The third kappa shape index (κ3) is 15.1. The van der Waals surface area contributed by atoms with Crippen molar-refractivity contribution in [2.24, 2.45) is 4.99 Å². The van der Waals surface area contributed by atoms with Crippen LogP contribution in [0, 0.1) is 0 Å². The van der Waals surface area contributed by atoms with Gasteiger partial charge in [0.1, 0.15) is 0 Å². The third-order valence-electron chi connectivity index (χ3n) is 5.05. The Kier molecular flexibility index (Phi) is 16.4. The Bertz CT molecular complexity index is 413. The monoisotopic (exact) mass is 358 g/mol. The van der Waals surface area contributed by atoms with Gasteiger partial charge in [-0.3, -0.25) is 9.98 Å². The molecule has 0 aromatic carbocycles. The van der Waals surface area contributed by atoms with Crippen molar-refractivity contribution in [3.8, 4) is 0 Å². The maximum Gasteiger partial charge on any atom is 0.0807 e. The number of aromatic nitrogens is 1. The lowest BCUT2D eigenvalue weighted by Gasteiger charge is -2.03. The fourth-order valence-electron chi connectivity index (χ4n) is 3.36. The highest BCUT2D eigenvalue weighted by Gasteiger charge is 1.94. The smallest absolute Gasteiger partial charge is 0.0807 e. The Hall–Kier alpha value is -1.18. The molecule has 0 unspecified atom stereocenters. The number of hydrogen-bond acceptors (Lipinski definition) is 2. The van der Waals surface area contributed by atoms with Crippen LogP contribution in [-0.4, -0.2) is 17.7 Å². The first-order chi connectivity index (χ1) is 12.9. The summed E-state index contributed by atoms with van der Waals surface area (Å²) in [6.07, 6.45) is 26.3.